The van der Waals surface area contributed by atoms with Gasteiger partial charge in [0, 0.05) is 31.4 Å². The molecule has 0 aliphatic heterocycles. The third-order valence-electron chi connectivity index (χ3n) is 3.29. The Hall–Kier alpha value is -1.14. The molecule has 6 heteroatoms. The number of nitrogens with zero attached hydrogens (tertiary/aromatic N) is 2. The fourth-order valence-electron chi connectivity index (χ4n) is 2.18. The van der Waals surface area contributed by atoms with Gasteiger partial charge in [0.15, 0.2) is 0 Å². The highest BCUT2D eigenvalue weighted by atomic mass is 32.1. The van der Waals surface area contributed by atoms with Crippen molar-refractivity contribution in [2.75, 3.05) is 26.7 Å². The highest BCUT2D eigenvalue weighted by Crippen LogP contribution is 2.26. The van der Waals surface area contributed by atoms with Crippen molar-refractivity contribution in [1.29, 1.82) is 0 Å². The van der Waals surface area contributed by atoms with Crippen molar-refractivity contribution in [3.8, 4) is 0 Å². The summed E-state index contributed by atoms with van der Waals surface area (Å²) in [7, 11) is 1.67. The molecule has 5 nitrogen and oxygen atoms in total. The average molecular weight is 283 g/mol. The first kappa shape index (κ1) is 14.3. The summed E-state index contributed by atoms with van der Waals surface area (Å²) in [6.07, 6.45) is 5.59. The van der Waals surface area contributed by atoms with E-state index in [0.717, 1.165) is 17.8 Å². The van der Waals surface area contributed by atoms with E-state index in [-0.39, 0.29) is 12.6 Å². The van der Waals surface area contributed by atoms with E-state index in [9.17, 15) is 4.79 Å². The predicted molar refractivity (Wildman–Crippen MR) is 75.6 cm³/mol. The molecule has 0 saturated carbocycles. The molecule has 1 aromatic heterocycles. The number of aromatic nitrogens is 1. The van der Waals surface area contributed by atoms with Gasteiger partial charge in [-0.3, -0.25) is 0 Å². The maximum absolute atomic E-state index is 11.6. The van der Waals surface area contributed by atoms with Crippen LogP contribution in [-0.4, -0.2) is 47.8 Å². The molecular weight excluding hydrogens is 262 g/mol. The number of aliphatic hydroxyl groups is 1. The van der Waals surface area contributed by atoms with Crippen molar-refractivity contribution >= 4 is 17.4 Å². The van der Waals surface area contributed by atoms with Crippen molar-refractivity contribution in [2.45, 2.75) is 32.1 Å². The highest BCUT2D eigenvalue weighted by molar-refractivity contribution is 7.11. The number of rotatable bonds is 5. The lowest BCUT2D eigenvalue weighted by Crippen LogP contribution is -2.39. The number of amides is 2. The summed E-state index contributed by atoms with van der Waals surface area (Å²) in [5.41, 5.74) is 1.27. The first-order chi connectivity index (χ1) is 9.20. The van der Waals surface area contributed by atoms with Crippen molar-refractivity contribution in [1.82, 2.24) is 15.2 Å². The molecule has 1 aliphatic rings. The predicted octanol–water partition coefficient (Wildman–Crippen LogP) is 1.20. The maximum atomic E-state index is 11.6. The summed E-state index contributed by atoms with van der Waals surface area (Å²) in [4.78, 5) is 19.2. The second kappa shape index (κ2) is 6.86. The first-order valence-electron chi connectivity index (χ1n) is 6.78. The number of fused-ring (bicyclic) bond motifs is 1. The summed E-state index contributed by atoms with van der Waals surface area (Å²) in [5, 5.41) is 12.7. The second-order valence-corrected chi connectivity index (χ2v) is 5.98. The minimum Gasteiger partial charge on any atom is -0.395 e. The Morgan fingerprint density at radius 2 is 2.26 bits per heavy atom. The Balaban J connectivity index is 1.76. The minimum absolute atomic E-state index is 0.0108. The van der Waals surface area contributed by atoms with E-state index in [1.54, 1.807) is 18.4 Å². The fraction of sp³-hybridized carbons (Fsp3) is 0.692. The molecule has 2 amide bonds. The fourth-order valence-corrected chi connectivity index (χ4v) is 3.33. The topological polar surface area (TPSA) is 65.5 Å². The van der Waals surface area contributed by atoms with Crippen molar-refractivity contribution in [3.63, 3.8) is 0 Å². The number of aliphatic hydroxyl groups excluding tert-OH is 1. The van der Waals surface area contributed by atoms with Gasteiger partial charge in [-0.25, -0.2) is 9.78 Å². The zero-order valence-corrected chi connectivity index (χ0v) is 12.1. The van der Waals surface area contributed by atoms with Crippen LogP contribution in [0, 0.1) is 0 Å². The second-order valence-electron chi connectivity index (χ2n) is 4.81. The Morgan fingerprint density at radius 1 is 1.47 bits per heavy atom. The average Bonchev–Trinajstić information content (AvgIpc) is 2.81. The van der Waals surface area contributed by atoms with Gasteiger partial charge in [0.25, 0.3) is 0 Å². The van der Waals surface area contributed by atoms with Gasteiger partial charge in [-0.05, 0) is 25.7 Å². The van der Waals surface area contributed by atoms with Gasteiger partial charge >= 0.3 is 6.03 Å². The van der Waals surface area contributed by atoms with Crippen LogP contribution in [0.4, 0.5) is 4.79 Å². The van der Waals surface area contributed by atoms with Crippen LogP contribution in [0.1, 0.15) is 28.4 Å². The lowest BCUT2D eigenvalue weighted by Gasteiger charge is -2.16. The van der Waals surface area contributed by atoms with E-state index in [2.05, 4.69) is 10.3 Å². The molecule has 0 aromatic carbocycles. The number of carbonyl (C=O) groups is 1. The van der Waals surface area contributed by atoms with Crippen LogP contribution in [0.15, 0.2) is 0 Å². The van der Waals surface area contributed by atoms with E-state index < -0.39 is 0 Å². The molecule has 2 N–H and O–H groups in total. The minimum atomic E-state index is -0.143. The molecule has 0 fully saturated rings. The Bertz CT molecular complexity index is 410. The molecule has 0 saturated heterocycles. The molecule has 0 spiro atoms. The summed E-state index contributed by atoms with van der Waals surface area (Å²) < 4.78 is 0. The van der Waals surface area contributed by atoms with Crippen molar-refractivity contribution in [3.05, 3.63) is 15.6 Å². The number of nitrogens with one attached hydrogen (secondary N) is 1. The molecule has 1 aliphatic carbocycles. The highest BCUT2D eigenvalue weighted by Gasteiger charge is 2.15. The summed E-state index contributed by atoms with van der Waals surface area (Å²) in [6, 6.07) is -0.143. The molecule has 0 atom stereocenters. The number of hydrogen-bond donors (Lipinski definition) is 2. The van der Waals surface area contributed by atoms with Gasteiger partial charge < -0.3 is 15.3 Å². The zero-order valence-electron chi connectivity index (χ0n) is 11.3. The molecule has 0 unspecified atom stereocenters. The number of hydrogen-bond acceptors (Lipinski definition) is 4. The van der Waals surface area contributed by atoms with Crippen LogP contribution in [0.2, 0.25) is 0 Å². The quantitative estimate of drug-likeness (QED) is 0.853. The molecule has 0 bridgehead atoms. The van der Waals surface area contributed by atoms with Crippen LogP contribution in [-0.2, 0) is 19.3 Å². The van der Waals surface area contributed by atoms with E-state index >= 15 is 0 Å². The lowest BCUT2D eigenvalue weighted by molar-refractivity contribution is 0.190. The maximum Gasteiger partial charge on any atom is 0.317 e. The van der Waals surface area contributed by atoms with E-state index in [1.807, 2.05) is 0 Å². The lowest BCUT2D eigenvalue weighted by atomic mass is 10.0. The number of likely N-dealkylation sites (N-methyl/N-ethyl adjacent to an activating group) is 1. The number of aryl methyl sites for hydroxylation is 2. The molecule has 2 rings (SSSR count). The summed E-state index contributed by atoms with van der Waals surface area (Å²) in [6.45, 7) is 0.946. The SMILES string of the molecule is CN(CCO)C(=O)NCCc1nc2c(s1)CCCC2. The van der Waals surface area contributed by atoms with Gasteiger partial charge in [0.1, 0.15) is 0 Å². The first-order valence-corrected chi connectivity index (χ1v) is 7.59. The van der Waals surface area contributed by atoms with Gasteiger partial charge in [0.2, 0.25) is 0 Å². The van der Waals surface area contributed by atoms with E-state index in [4.69, 9.17) is 5.11 Å². The third-order valence-corrected chi connectivity index (χ3v) is 4.50. The summed E-state index contributed by atoms with van der Waals surface area (Å²) in [5.74, 6) is 0. The standard InChI is InChI=1S/C13H21N3O2S/c1-16(8-9-17)13(18)14-7-6-12-15-10-4-2-3-5-11(10)19-12/h17H,2-9H2,1H3,(H,14,18). The van der Waals surface area contributed by atoms with Gasteiger partial charge in [-0.15, -0.1) is 11.3 Å². The largest absolute Gasteiger partial charge is 0.395 e. The van der Waals surface area contributed by atoms with Crippen molar-refractivity contribution in [2.24, 2.45) is 0 Å². The van der Waals surface area contributed by atoms with Gasteiger partial charge in [-0.1, -0.05) is 0 Å². The monoisotopic (exact) mass is 283 g/mol. The van der Waals surface area contributed by atoms with Gasteiger partial charge in [-0.2, -0.15) is 0 Å². The molecule has 106 valence electrons. The van der Waals surface area contributed by atoms with Crippen LogP contribution in [0.25, 0.3) is 0 Å². The zero-order chi connectivity index (χ0) is 13.7. The molecular formula is C13H21N3O2S. The van der Waals surface area contributed by atoms with Crippen molar-refractivity contribution < 1.29 is 9.90 Å². The molecule has 0 radical (unpaired) electrons. The smallest absolute Gasteiger partial charge is 0.317 e. The van der Waals surface area contributed by atoms with Gasteiger partial charge in [0.05, 0.1) is 17.3 Å². The number of thiazole rings is 1. The Kier molecular flexibility index (Phi) is 5.15. The molecule has 1 heterocycles. The molecule has 1 aromatic rings. The normalized spacial score (nSPS) is 14.0. The number of urea groups is 1. The molecule has 19 heavy (non-hydrogen) atoms. The van der Waals surface area contributed by atoms with Crippen LogP contribution in [0.3, 0.4) is 0 Å². The Morgan fingerprint density at radius 3 is 3.00 bits per heavy atom. The number of carbonyl (C=O) groups excluding carboxylic acids is 1. The summed E-state index contributed by atoms with van der Waals surface area (Å²) >= 11 is 1.79. The van der Waals surface area contributed by atoms with E-state index in [1.165, 1.54) is 34.7 Å². The van der Waals surface area contributed by atoms with Crippen LogP contribution < -0.4 is 5.32 Å². The van der Waals surface area contributed by atoms with Crippen LogP contribution in [0.5, 0.6) is 0 Å². The third kappa shape index (κ3) is 3.91. The van der Waals surface area contributed by atoms with Crippen LogP contribution >= 0.6 is 11.3 Å². The van der Waals surface area contributed by atoms with E-state index in [0.29, 0.717) is 13.1 Å². The Labute approximate surface area is 117 Å².